The van der Waals surface area contributed by atoms with E-state index in [9.17, 15) is 4.79 Å². The van der Waals surface area contributed by atoms with Gasteiger partial charge in [-0.25, -0.2) is 9.78 Å². The second-order valence-corrected chi connectivity index (χ2v) is 4.91. The third kappa shape index (κ3) is 2.70. The first-order chi connectivity index (χ1) is 9.06. The lowest BCUT2D eigenvalue weighted by Gasteiger charge is -2.05. The maximum atomic E-state index is 10.8. The second kappa shape index (κ2) is 5.56. The number of carbonyl (C=O) groups is 1. The van der Waals surface area contributed by atoms with Crippen LogP contribution < -0.4 is 0 Å². The van der Waals surface area contributed by atoms with Crippen LogP contribution in [0.5, 0.6) is 0 Å². The monoisotopic (exact) mass is 326 g/mol. The predicted octanol–water partition coefficient (Wildman–Crippen LogP) is 2.17. The lowest BCUT2D eigenvalue weighted by molar-refractivity contribution is 0.0691. The SMILES string of the molecule is CCc1nn(CC)c(Cn2cnc(C(=O)O)c2)c1Br. The van der Waals surface area contributed by atoms with Gasteiger partial charge in [-0.1, -0.05) is 6.92 Å². The largest absolute Gasteiger partial charge is 0.476 e. The number of rotatable bonds is 5. The van der Waals surface area contributed by atoms with E-state index < -0.39 is 5.97 Å². The summed E-state index contributed by atoms with van der Waals surface area (Å²) in [4.78, 5) is 14.6. The van der Waals surface area contributed by atoms with Crippen LogP contribution in [-0.2, 0) is 19.5 Å². The highest BCUT2D eigenvalue weighted by molar-refractivity contribution is 9.10. The molecule has 2 aromatic heterocycles. The van der Waals surface area contributed by atoms with Gasteiger partial charge in [0.25, 0.3) is 0 Å². The van der Waals surface area contributed by atoms with Crippen LogP contribution in [-0.4, -0.2) is 30.4 Å². The van der Waals surface area contributed by atoms with E-state index in [4.69, 9.17) is 5.11 Å². The van der Waals surface area contributed by atoms with Crippen molar-refractivity contribution in [3.8, 4) is 0 Å². The van der Waals surface area contributed by atoms with Gasteiger partial charge >= 0.3 is 5.97 Å². The second-order valence-electron chi connectivity index (χ2n) is 4.11. The molecule has 0 aliphatic rings. The fourth-order valence-corrected chi connectivity index (χ4v) is 2.59. The number of hydrogen-bond acceptors (Lipinski definition) is 3. The number of aromatic nitrogens is 4. The topological polar surface area (TPSA) is 72.9 Å². The lowest BCUT2D eigenvalue weighted by Crippen LogP contribution is -2.07. The third-order valence-corrected chi connectivity index (χ3v) is 3.79. The molecule has 0 bridgehead atoms. The Hall–Kier alpha value is -1.63. The van der Waals surface area contributed by atoms with E-state index >= 15 is 0 Å². The van der Waals surface area contributed by atoms with Gasteiger partial charge in [-0.2, -0.15) is 5.10 Å². The minimum absolute atomic E-state index is 0.0504. The average molecular weight is 327 g/mol. The number of hydrogen-bond donors (Lipinski definition) is 1. The molecule has 0 aliphatic carbocycles. The molecule has 2 rings (SSSR count). The van der Waals surface area contributed by atoms with Crippen molar-refractivity contribution in [2.75, 3.05) is 0 Å². The van der Waals surface area contributed by atoms with Crippen molar-refractivity contribution in [1.82, 2.24) is 19.3 Å². The molecule has 19 heavy (non-hydrogen) atoms. The molecule has 0 unspecified atom stereocenters. The number of carboxylic acids is 1. The lowest BCUT2D eigenvalue weighted by atomic mass is 10.3. The molecule has 1 N–H and O–H groups in total. The van der Waals surface area contributed by atoms with E-state index in [0.717, 1.165) is 28.8 Å². The van der Waals surface area contributed by atoms with Gasteiger partial charge in [-0.15, -0.1) is 0 Å². The first-order valence-corrected chi connectivity index (χ1v) is 6.85. The number of carboxylic acid groups (broad SMARTS) is 1. The molecule has 0 aromatic carbocycles. The molecule has 2 aromatic rings. The van der Waals surface area contributed by atoms with E-state index in [0.29, 0.717) is 6.54 Å². The van der Waals surface area contributed by atoms with E-state index in [1.807, 2.05) is 11.6 Å². The summed E-state index contributed by atoms with van der Waals surface area (Å²) in [7, 11) is 0. The Morgan fingerprint density at radius 2 is 2.21 bits per heavy atom. The van der Waals surface area contributed by atoms with Gasteiger partial charge < -0.3 is 9.67 Å². The Bertz CT molecular complexity index is 603. The fraction of sp³-hybridized carbons (Fsp3) is 0.417. The molecule has 0 aliphatic heterocycles. The van der Waals surface area contributed by atoms with Gasteiger partial charge in [0, 0.05) is 12.7 Å². The minimum atomic E-state index is -1.02. The molecule has 0 fully saturated rings. The number of nitrogens with zero attached hydrogens (tertiary/aromatic N) is 4. The number of halogens is 1. The normalized spacial score (nSPS) is 10.9. The van der Waals surface area contributed by atoms with Gasteiger partial charge in [0.2, 0.25) is 0 Å². The molecular formula is C12H15BrN4O2. The molecular weight excluding hydrogens is 312 g/mol. The highest BCUT2D eigenvalue weighted by Crippen LogP contribution is 2.23. The zero-order valence-electron chi connectivity index (χ0n) is 10.8. The van der Waals surface area contributed by atoms with E-state index in [-0.39, 0.29) is 5.69 Å². The van der Waals surface area contributed by atoms with Crippen molar-refractivity contribution in [2.45, 2.75) is 33.4 Å². The first-order valence-electron chi connectivity index (χ1n) is 6.05. The van der Waals surface area contributed by atoms with Crippen LogP contribution in [0.15, 0.2) is 17.0 Å². The molecule has 0 radical (unpaired) electrons. The Morgan fingerprint density at radius 1 is 1.47 bits per heavy atom. The van der Waals surface area contributed by atoms with Crippen LogP contribution in [0.1, 0.15) is 35.7 Å². The number of imidazole rings is 1. The molecule has 7 heteroatoms. The molecule has 2 heterocycles. The average Bonchev–Trinajstić information content (AvgIpc) is 2.96. The van der Waals surface area contributed by atoms with Gasteiger partial charge in [0.05, 0.1) is 28.7 Å². The smallest absolute Gasteiger partial charge is 0.356 e. The number of aryl methyl sites for hydroxylation is 2. The zero-order valence-corrected chi connectivity index (χ0v) is 12.4. The van der Waals surface area contributed by atoms with E-state index in [1.54, 1.807) is 4.57 Å². The predicted molar refractivity (Wildman–Crippen MR) is 73.3 cm³/mol. The third-order valence-electron chi connectivity index (χ3n) is 2.88. The zero-order chi connectivity index (χ0) is 14.0. The summed E-state index contributed by atoms with van der Waals surface area (Å²) in [6, 6.07) is 0. The van der Waals surface area contributed by atoms with E-state index in [1.165, 1.54) is 12.5 Å². The van der Waals surface area contributed by atoms with Crippen LogP contribution >= 0.6 is 15.9 Å². The number of aromatic carboxylic acids is 1. The van der Waals surface area contributed by atoms with Crippen LogP contribution in [0.3, 0.4) is 0 Å². The van der Waals surface area contributed by atoms with Crippen LogP contribution in [0.4, 0.5) is 0 Å². The summed E-state index contributed by atoms with van der Waals surface area (Å²) in [5, 5.41) is 13.4. The van der Waals surface area contributed by atoms with Crippen molar-refractivity contribution >= 4 is 21.9 Å². The Labute approximate surface area is 119 Å². The highest BCUT2D eigenvalue weighted by Gasteiger charge is 2.15. The summed E-state index contributed by atoms with van der Waals surface area (Å²) < 4.78 is 4.66. The molecule has 0 atom stereocenters. The fourth-order valence-electron chi connectivity index (χ4n) is 1.90. The van der Waals surface area contributed by atoms with Crippen molar-refractivity contribution in [1.29, 1.82) is 0 Å². The Kier molecular flexibility index (Phi) is 4.04. The van der Waals surface area contributed by atoms with Crippen molar-refractivity contribution in [2.24, 2.45) is 0 Å². The van der Waals surface area contributed by atoms with E-state index in [2.05, 4.69) is 32.9 Å². The van der Waals surface area contributed by atoms with Crippen molar-refractivity contribution in [3.63, 3.8) is 0 Å². The minimum Gasteiger partial charge on any atom is -0.476 e. The summed E-state index contributed by atoms with van der Waals surface area (Å²) in [6.07, 6.45) is 3.90. The molecule has 0 saturated heterocycles. The maximum absolute atomic E-state index is 10.8. The quantitative estimate of drug-likeness (QED) is 0.913. The van der Waals surface area contributed by atoms with Gasteiger partial charge in [-0.3, -0.25) is 4.68 Å². The Morgan fingerprint density at radius 3 is 2.74 bits per heavy atom. The molecule has 6 nitrogen and oxygen atoms in total. The molecule has 102 valence electrons. The summed E-state index contributed by atoms with van der Waals surface area (Å²) in [6.45, 7) is 5.39. The summed E-state index contributed by atoms with van der Waals surface area (Å²) >= 11 is 3.56. The molecule has 0 saturated carbocycles. The van der Waals surface area contributed by atoms with Crippen LogP contribution in [0.25, 0.3) is 0 Å². The van der Waals surface area contributed by atoms with Gasteiger partial charge in [0.15, 0.2) is 5.69 Å². The van der Waals surface area contributed by atoms with Gasteiger partial charge in [0.1, 0.15) is 0 Å². The summed E-state index contributed by atoms with van der Waals surface area (Å²) in [5.74, 6) is -1.02. The molecule has 0 amide bonds. The maximum Gasteiger partial charge on any atom is 0.356 e. The summed E-state index contributed by atoms with van der Waals surface area (Å²) in [5.41, 5.74) is 2.08. The molecule has 0 spiro atoms. The Balaban J connectivity index is 2.31. The van der Waals surface area contributed by atoms with Crippen molar-refractivity contribution in [3.05, 3.63) is 34.1 Å². The first kappa shape index (κ1) is 13.8. The van der Waals surface area contributed by atoms with Crippen LogP contribution in [0.2, 0.25) is 0 Å². The van der Waals surface area contributed by atoms with Crippen LogP contribution in [0, 0.1) is 0 Å². The van der Waals surface area contributed by atoms with Gasteiger partial charge in [-0.05, 0) is 29.3 Å². The highest BCUT2D eigenvalue weighted by atomic mass is 79.9. The van der Waals surface area contributed by atoms with Crippen molar-refractivity contribution < 1.29 is 9.90 Å². The standard InChI is InChI=1S/C12H15BrN4O2/c1-3-8-11(13)10(17(4-2)15-8)6-16-5-9(12(18)19)14-7-16/h5,7H,3-4,6H2,1-2H3,(H,18,19).